The topological polar surface area (TPSA) is 60.2 Å². The third kappa shape index (κ3) is 4.16. The molecule has 140 valence electrons. The van der Waals surface area contributed by atoms with Crippen molar-refractivity contribution in [2.24, 2.45) is 11.8 Å². The summed E-state index contributed by atoms with van der Waals surface area (Å²) in [7, 11) is 0. The van der Waals surface area contributed by atoms with Crippen molar-refractivity contribution in [1.29, 1.82) is 0 Å². The predicted molar refractivity (Wildman–Crippen MR) is 111 cm³/mol. The summed E-state index contributed by atoms with van der Waals surface area (Å²) in [5.41, 5.74) is 10.7. The number of rotatable bonds is 6. The number of allylic oxidation sites excluding steroid dienone is 3. The van der Waals surface area contributed by atoms with Gasteiger partial charge in [-0.2, -0.15) is 4.98 Å². The minimum absolute atomic E-state index is 0.566. The molecule has 0 amide bonds. The maximum absolute atomic E-state index is 5.86. The van der Waals surface area contributed by atoms with Gasteiger partial charge in [0, 0.05) is 17.5 Å². The Balaban J connectivity index is 1.51. The van der Waals surface area contributed by atoms with Crippen molar-refractivity contribution in [3.05, 3.63) is 65.4 Å². The van der Waals surface area contributed by atoms with Gasteiger partial charge in [0.1, 0.15) is 11.6 Å². The molecule has 1 aromatic carbocycles. The number of nitrogens with one attached hydrogen (secondary N) is 1. The largest absolute Gasteiger partial charge is 0.439 e. The molecule has 0 aliphatic heterocycles. The molecule has 2 aromatic rings. The van der Waals surface area contributed by atoms with E-state index in [4.69, 9.17) is 10.5 Å². The van der Waals surface area contributed by atoms with Gasteiger partial charge in [-0.1, -0.05) is 18.6 Å². The Hall–Kier alpha value is -2.75. The number of nitrogens with zero attached hydrogens (tertiary/aromatic N) is 1. The first-order valence-corrected chi connectivity index (χ1v) is 9.81. The lowest BCUT2D eigenvalue weighted by molar-refractivity contribution is 0.464. The Morgan fingerprint density at radius 3 is 2.63 bits per heavy atom. The predicted octanol–water partition coefficient (Wildman–Crippen LogP) is 5.91. The normalized spacial score (nSPS) is 19.6. The van der Waals surface area contributed by atoms with Gasteiger partial charge in [0.2, 0.25) is 5.88 Å². The van der Waals surface area contributed by atoms with Crippen LogP contribution in [0.15, 0.2) is 65.4 Å². The summed E-state index contributed by atoms with van der Waals surface area (Å²) in [6.07, 6.45) is 7.43. The molecule has 4 heteroatoms. The number of aromatic nitrogens is 1. The molecule has 1 fully saturated rings. The Kier molecular flexibility index (Phi) is 4.88. The zero-order valence-electron chi connectivity index (χ0n) is 16.0. The van der Waals surface area contributed by atoms with Crippen LogP contribution in [0, 0.1) is 11.8 Å². The highest BCUT2D eigenvalue weighted by molar-refractivity contribution is 5.51. The van der Waals surface area contributed by atoms with Crippen LogP contribution in [0.2, 0.25) is 0 Å². The molecule has 2 aliphatic rings. The molecule has 2 aliphatic carbocycles. The molecule has 0 bridgehead atoms. The number of pyridine rings is 1. The maximum atomic E-state index is 5.86. The van der Waals surface area contributed by atoms with Gasteiger partial charge in [-0.05, 0) is 86.4 Å². The summed E-state index contributed by atoms with van der Waals surface area (Å²) in [5, 5.41) is 3.52. The quantitative estimate of drug-likeness (QED) is 0.628. The minimum Gasteiger partial charge on any atom is -0.439 e. The Morgan fingerprint density at radius 1 is 1.15 bits per heavy atom. The Bertz CT molecular complexity index is 879. The molecule has 4 nitrogen and oxygen atoms in total. The van der Waals surface area contributed by atoms with Crippen LogP contribution in [0.1, 0.15) is 39.5 Å². The highest BCUT2D eigenvalue weighted by atomic mass is 16.5. The zero-order valence-corrected chi connectivity index (χ0v) is 16.0. The number of anilines is 2. The van der Waals surface area contributed by atoms with Crippen molar-refractivity contribution in [3.63, 3.8) is 0 Å². The summed E-state index contributed by atoms with van der Waals surface area (Å²) in [4.78, 5) is 4.62. The van der Waals surface area contributed by atoms with Gasteiger partial charge in [0.25, 0.3) is 0 Å². The minimum atomic E-state index is 0.566. The van der Waals surface area contributed by atoms with E-state index in [1.807, 2.05) is 42.5 Å². The summed E-state index contributed by atoms with van der Waals surface area (Å²) < 4.78 is 5.86. The number of hydrogen-bond donors (Lipinski definition) is 2. The van der Waals surface area contributed by atoms with E-state index in [9.17, 15) is 0 Å². The molecule has 1 saturated carbocycles. The Morgan fingerprint density at radius 2 is 1.93 bits per heavy atom. The zero-order chi connectivity index (χ0) is 18.8. The second-order valence-corrected chi connectivity index (χ2v) is 7.58. The lowest BCUT2D eigenvalue weighted by Gasteiger charge is -2.26. The Labute approximate surface area is 161 Å². The maximum Gasteiger partial charge on any atom is 0.221 e. The van der Waals surface area contributed by atoms with E-state index in [0.29, 0.717) is 17.5 Å². The molecular weight excluding hydrogens is 334 g/mol. The van der Waals surface area contributed by atoms with E-state index in [2.05, 4.69) is 30.2 Å². The average Bonchev–Trinajstić information content (AvgIpc) is 3.50. The molecule has 1 aromatic heterocycles. The van der Waals surface area contributed by atoms with Gasteiger partial charge >= 0.3 is 0 Å². The van der Waals surface area contributed by atoms with E-state index < -0.39 is 0 Å². The van der Waals surface area contributed by atoms with Crippen LogP contribution in [-0.4, -0.2) is 4.98 Å². The summed E-state index contributed by atoms with van der Waals surface area (Å²) >= 11 is 0. The van der Waals surface area contributed by atoms with Crippen LogP contribution in [0.4, 0.5) is 11.5 Å². The fourth-order valence-electron chi connectivity index (χ4n) is 3.73. The fraction of sp³-hybridized carbons (Fsp3) is 0.348. The van der Waals surface area contributed by atoms with Crippen LogP contribution in [0.25, 0.3) is 0 Å². The van der Waals surface area contributed by atoms with Gasteiger partial charge in [0.05, 0.1) is 0 Å². The van der Waals surface area contributed by atoms with Crippen molar-refractivity contribution < 1.29 is 4.74 Å². The van der Waals surface area contributed by atoms with Crippen molar-refractivity contribution in [2.75, 3.05) is 11.1 Å². The summed E-state index contributed by atoms with van der Waals surface area (Å²) in [6.45, 7) is 4.52. The summed E-state index contributed by atoms with van der Waals surface area (Å²) in [6, 6.07) is 13.1. The number of nitrogen functional groups attached to an aromatic ring is 1. The molecule has 1 heterocycles. The van der Waals surface area contributed by atoms with E-state index in [0.717, 1.165) is 23.9 Å². The van der Waals surface area contributed by atoms with Gasteiger partial charge in [-0.15, -0.1) is 0 Å². The molecule has 0 spiro atoms. The average molecular weight is 361 g/mol. The van der Waals surface area contributed by atoms with E-state index in [1.54, 1.807) is 5.57 Å². The molecule has 27 heavy (non-hydrogen) atoms. The van der Waals surface area contributed by atoms with E-state index in [1.165, 1.54) is 30.5 Å². The van der Waals surface area contributed by atoms with Crippen molar-refractivity contribution in [2.45, 2.75) is 39.5 Å². The van der Waals surface area contributed by atoms with E-state index in [-0.39, 0.29) is 0 Å². The molecule has 0 saturated heterocycles. The van der Waals surface area contributed by atoms with Crippen molar-refractivity contribution in [1.82, 2.24) is 4.98 Å². The van der Waals surface area contributed by atoms with Gasteiger partial charge in [0.15, 0.2) is 0 Å². The van der Waals surface area contributed by atoms with Crippen LogP contribution in [0.3, 0.4) is 0 Å². The monoisotopic (exact) mass is 361 g/mol. The molecule has 4 rings (SSSR count). The second-order valence-electron chi connectivity index (χ2n) is 7.58. The third-order valence-corrected chi connectivity index (χ3v) is 5.43. The van der Waals surface area contributed by atoms with Gasteiger partial charge in [-0.25, -0.2) is 0 Å². The first-order valence-electron chi connectivity index (χ1n) is 9.81. The second kappa shape index (κ2) is 7.47. The van der Waals surface area contributed by atoms with Gasteiger partial charge < -0.3 is 15.8 Å². The lowest BCUT2D eigenvalue weighted by Crippen LogP contribution is -2.15. The first kappa shape index (κ1) is 17.7. The smallest absolute Gasteiger partial charge is 0.221 e. The third-order valence-electron chi connectivity index (χ3n) is 5.43. The molecule has 0 radical (unpaired) electrons. The molecule has 1 unspecified atom stereocenters. The van der Waals surface area contributed by atoms with Gasteiger partial charge in [-0.3, -0.25) is 0 Å². The van der Waals surface area contributed by atoms with Crippen LogP contribution in [0.5, 0.6) is 11.6 Å². The first-order chi connectivity index (χ1) is 13.1. The van der Waals surface area contributed by atoms with Crippen LogP contribution < -0.4 is 15.8 Å². The highest BCUT2D eigenvalue weighted by Crippen LogP contribution is 2.45. The number of benzene rings is 1. The number of ether oxygens (including phenoxy) is 1. The van der Waals surface area contributed by atoms with Crippen LogP contribution in [-0.2, 0) is 0 Å². The molecule has 3 N–H and O–H groups in total. The van der Waals surface area contributed by atoms with Crippen LogP contribution >= 0.6 is 0 Å². The fourth-order valence-corrected chi connectivity index (χ4v) is 3.73. The SMILES string of the molecule is CCC1CC(C)=C(Nc2cccc(Oc3ccc(N)cc3)n2)C=C1C1CC1. The molecule has 1 atom stereocenters. The number of hydrogen-bond acceptors (Lipinski definition) is 4. The van der Waals surface area contributed by atoms with E-state index >= 15 is 0 Å². The van der Waals surface area contributed by atoms with Crippen molar-refractivity contribution >= 4 is 11.5 Å². The standard InChI is InChI=1S/C23H27N3O/c1-3-16-13-15(2)21(14-20(16)17-7-8-17)25-22-5-4-6-23(26-22)27-19-11-9-18(24)10-12-19/h4-6,9-12,14,16-17H,3,7-8,13,24H2,1-2H3,(H,25,26). The molecular formula is C23H27N3O. The number of nitrogens with two attached hydrogens (primary N) is 1. The summed E-state index contributed by atoms with van der Waals surface area (Å²) in [5.74, 6) is 3.60. The van der Waals surface area contributed by atoms with Crippen molar-refractivity contribution in [3.8, 4) is 11.6 Å². The lowest BCUT2D eigenvalue weighted by atomic mass is 9.82. The highest BCUT2D eigenvalue weighted by Gasteiger charge is 2.32.